The van der Waals surface area contributed by atoms with Gasteiger partial charge >= 0.3 is 0 Å². The Morgan fingerprint density at radius 2 is 2.39 bits per heavy atom. The zero-order chi connectivity index (χ0) is 12.8. The maximum Gasteiger partial charge on any atom is 0.250 e. The van der Waals surface area contributed by atoms with Gasteiger partial charge in [0.1, 0.15) is 6.10 Å². The normalized spacial score (nSPS) is 30.1. The minimum absolute atomic E-state index is 0.0202. The van der Waals surface area contributed by atoms with Crippen LogP contribution in [0.15, 0.2) is 0 Å². The highest BCUT2D eigenvalue weighted by Gasteiger charge is 2.22. The molecule has 2 fully saturated rings. The fourth-order valence-corrected chi connectivity index (χ4v) is 2.66. The quantitative estimate of drug-likeness (QED) is 0.740. The van der Waals surface area contributed by atoms with Gasteiger partial charge in [0.25, 0.3) is 5.91 Å². The van der Waals surface area contributed by atoms with Crippen molar-refractivity contribution in [2.75, 3.05) is 39.3 Å². The molecule has 0 radical (unpaired) electrons. The number of ether oxygens (including phenoxy) is 1. The first-order valence-electron chi connectivity index (χ1n) is 7.11. The third-order valence-corrected chi connectivity index (χ3v) is 3.86. The van der Waals surface area contributed by atoms with Crippen LogP contribution in [0.4, 0.5) is 0 Å². The maximum absolute atomic E-state index is 11.8. The number of nitrogens with one attached hydrogen (secondary N) is 2. The van der Waals surface area contributed by atoms with Crippen LogP contribution in [0.3, 0.4) is 0 Å². The van der Waals surface area contributed by atoms with Crippen LogP contribution in [0, 0.1) is 0 Å². The van der Waals surface area contributed by atoms with Gasteiger partial charge in [-0.25, -0.2) is 0 Å². The Morgan fingerprint density at radius 3 is 3.11 bits per heavy atom. The summed E-state index contributed by atoms with van der Waals surface area (Å²) in [5, 5.41) is 6.14. The molecule has 2 aliphatic rings. The minimum atomic E-state index is -0.308. The summed E-state index contributed by atoms with van der Waals surface area (Å²) < 4.78 is 5.42. The molecule has 2 N–H and O–H groups in total. The third-order valence-electron chi connectivity index (χ3n) is 3.86. The average Bonchev–Trinajstić information content (AvgIpc) is 2.42. The summed E-state index contributed by atoms with van der Waals surface area (Å²) in [7, 11) is 0. The molecular weight excluding hydrogens is 230 g/mol. The predicted octanol–water partition coefficient (Wildman–Crippen LogP) is -0.0346. The summed E-state index contributed by atoms with van der Waals surface area (Å²) >= 11 is 0. The molecule has 0 aromatic carbocycles. The number of hydrogen-bond donors (Lipinski definition) is 2. The zero-order valence-electron chi connectivity index (χ0n) is 11.3. The molecule has 0 spiro atoms. The summed E-state index contributed by atoms with van der Waals surface area (Å²) in [6, 6.07) is 0.656. The molecule has 0 bridgehead atoms. The maximum atomic E-state index is 11.8. The lowest BCUT2D eigenvalue weighted by Crippen LogP contribution is -2.49. The number of piperidine rings is 1. The van der Waals surface area contributed by atoms with Gasteiger partial charge in [0.05, 0.1) is 6.61 Å². The molecule has 2 aliphatic heterocycles. The van der Waals surface area contributed by atoms with Crippen LogP contribution in [-0.4, -0.2) is 62.3 Å². The Bertz CT molecular complexity index is 267. The van der Waals surface area contributed by atoms with E-state index in [2.05, 4.69) is 22.5 Å². The zero-order valence-corrected chi connectivity index (χ0v) is 11.3. The average molecular weight is 255 g/mol. The van der Waals surface area contributed by atoms with Gasteiger partial charge in [-0.1, -0.05) is 6.42 Å². The summed E-state index contributed by atoms with van der Waals surface area (Å²) in [6.07, 6.45) is 3.60. The SMILES string of the molecule is CC1CCCCN1CCNC(=O)C1CNCCO1. The molecule has 0 aromatic heterocycles. The van der Waals surface area contributed by atoms with Crippen LogP contribution in [0.1, 0.15) is 26.2 Å². The van der Waals surface area contributed by atoms with Crippen molar-refractivity contribution in [3.05, 3.63) is 0 Å². The lowest BCUT2D eigenvalue weighted by Gasteiger charge is -2.33. The highest BCUT2D eigenvalue weighted by Crippen LogP contribution is 2.15. The molecule has 2 heterocycles. The number of nitrogens with zero attached hydrogens (tertiary/aromatic N) is 1. The van der Waals surface area contributed by atoms with Crippen LogP contribution >= 0.6 is 0 Å². The van der Waals surface area contributed by atoms with Gasteiger partial charge in [0, 0.05) is 32.2 Å². The molecule has 0 aliphatic carbocycles. The van der Waals surface area contributed by atoms with Crippen LogP contribution in [0.25, 0.3) is 0 Å². The van der Waals surface area contributed by atoms with E-state index in [-0.39, 0.29) is 12.0 Å². The number of rotatable bonds is 4. The van der Waals surface area contributed by atoms with Gasteiger partial charge in [-0.3, -0.25) is 9.69 Å². The van der Waals surface area contributed by atoms with E-state index in [0.717, 1.165) is 19.6 Å². The molecule has 0 saturated carbocycles. The van der Waals surface area contributed by atoms with E-state index in [1.165, 1.54) is 25.8 Å². The Balaban J connectivity index is 1.63. The lowest BCUT2D eigenvalue weighted by molar-refractivity contribution is -0.134. The van der Waals surface area contributed by atoms with Crippen molar-refractivity contribution in [3.63, 3.8) is 0 Å². The first-order valence-corrected chi connectivity index (χ1v) is 7.11. The van der Waals surface area contributed by atoms with E-state index in [4.69, 9.17) is 4.74 Å². The van der Waals surface area contributed by atoms with E-state index in [9.17, 15) is 4.79 Å². The highest BCUT2D eigenvalue weighted by molar-refractivity contribution is 5.81. The molecule has 18 heavy (non-hydrogen) atoms. The van der Waals surface area contributed by atoms with Gasteiger partial charge in [-0.2, -0.15) is 0 Å². The Hall–Kier alpha value is -0.650. The fraction of sp³-hybridized carbons (Fsp3) is 0.923. The Morgan fingerprint density at radius 1 is 1.50 bits per heavy atom. The summed E-state index contributed by atoms with van der Waals surface area (Å²) in [5.74, 6) is 0.0202. The van der Waals surface area contributed by atoms with Gasteiger partial charge in [0.15, 0.2) is 0 Å². The van der Waals surface area contributed by atoms with Crippen molar-refractivity contribution < 1.29 is 9.53 Å². The van der Waals surface area contributed by atoms with Crippen LogP contribution < -0.4 is 10.6 Å². The number of carbonyl (C=O) groups excluding carboxylic acids is 1. The van der Waals surface area contributed by atoms with Crippen molar-refractivity contribution in [2.24, 2.45) is 0 Å². The number of morpholine rings is 1. The largest absolute Gasteiger partial charge is 0.366 e. The van der Waals surface area contributed by atoms with Crippen LogP contribution in [-0.2, 0) is 9.53 Å². The van der Waals surface area contributed by atoms with Crippen molar-refractivity contribution in [1.29, 1.82) is 0 Å². The van der Waals surface area contributed by atoms with Crippen LogP contribution in [0.5, 0.6) is 0 Å². The predicted molar refractivity (Wildman–Crippen MR) is 70.5 cm³/mol. The van der Waals surface area contributed by atoms with Crippen molar-refractivity contribution in [2.45, 2.75) is 38.3 Å². The lowest BCUT2D eigenvalue weighted by atomic mass is 10.0. The second-order valence-electron chi connectivity index (χ2n) is 5.24. The Labute approximate surface area is 109 Å². The number of likely N-dealkylation sites (tertiary alicyclic amines) is 1. The van der Waals surface area contributed by atoms with Gasteiger partial charge in [-0.15, -0.1) is 0 Å². The first-order chi connectivity index (χ1) is 8.77. The molecular formula is C13H25N3O2. The van der Waals surface area contributed by atoms with E-state index < -0.39 is 0 Å². The molecule has 2 unspecified atom stereocenters. The van der Waals surface area contributed by atoms with E-state index in [0.29, 0.717) is 19.2 Å². The topological polar surface area (TPSA) is 53.6 Å². The van der Waals surface area contributed by atoms with Crippen LogP contribution in [0.2, 0.25) is 0 Å². The molecule has 5 heteroatoms. The van der Waals surface area contributed by atoms with Crippen molar-refractivity contribution in [1.82, 2.24) is 15.5 Å². The molecule has 2 atom stereocenters. The molecule has 104 valence electrons. The van der Waals surface area contributed by atoms with Gasteiger partial charge < -0.3 is 15.4 Å². The second kappa shape index (κ2) is 7.07. The first kappa shape index (κ1) is 13.8. The molecule has 2 saturated heterocycles. The highest BCUT2D eigenvalue weighted by atomic mass is 16.5. The second-order valence-corrected chi connectivity index (χ2v) is 5.24. The molecule has 5 nitrogen and oxygen atoms in total. The van der Waals surface area contributed by atoms with E-state index >= 15 is 0 Å². The molecule has 0 aromatic rings. The fourth-order valence-electron chi connectivity index (χ4n) is 2.66. The summed E-state index contributed by atoms with van der Waals surface area (Å²) in [5.41, 5.74) is 0. The minimum Gasteiger partial charge on any atom is -0.366 e. The molecule has 1 amide bonds. The van der Waals surface area contributed by atoms with Gasteiger partial charge in [-0.05, 0) is 26.3 Å². The van der Waals surface area contributed by atoms with Crippen molar-refractivity contribution >= 4 is 5.91 Å². The van der Waals surface area contributed by atoms with E-state index in [1.807, 2.05) is 0 Å². The monoisotopic (exact) mass is 255 g/mol. The molecule has 2 rings (SSSR count). The Kier molecular flexibility index (Phi) is 5.41. The standard InChI is InChI=1S/C13H25N3O2/c1-11-4-2-3-7-16(11)8-5-15-13(17)12-10-14-6-9-18-12/h11-12,14H,2-10H2,1H3,(H,15,17). The van der Waals surface area contributed by atoms with Crippen molar-refractivity contribution in [3.8, 4) is 0 Å². The number of carbonyl (C=O) groups is 1. The smallest absolute Gasteiger partial charge is 0.250 e. The number of hydrogen-bond acceptors (Lipinski definition) is 4. The summed E-state index contributed by atoms with van der Waals surface area (Å²) in [6.45, 7) is 7.21. The summed E-state index contributed by atoms with van der Waals surface area (Å²) in [4.78, 5) is 14.3. The van der Waals surface area contributed by atoms with Gasteiger partial charge in [0.2, 0.25) is 0 Å². The third kappa shape index (κ3) is 3.93. The number of amides is 1. The van der Waals surface area contributed by atoms with E-state index in [1.54, 1.807) is 0 Å².